The van der Waals surface area contributed by atoms with Gasteiger partial charge < -0.3 is 18.9 Å². The summed E-state index contributed by atoms with van der Waals surface area (Å²) in [5.41, 5.74) is 1.65. The van der Waals surface area contributed by atoms with Gasteiger partial charge in [0.2, 0.25) is 11.5 Å². The molecule has 0 spiro atoms. The molecule has 0 aliphatic carbocycles. The Morgan fingerprint density at radius 1 is 0.852 bits per heavy atom. The van der Waals surface area contributed by atoms with Gasteiger partial charge in [0.25, 0.3) is 0 Å². The summed E-state index contributed by atoms with van der Waals surface area (Å²) in [5.74, 6) is 1.76. The number of rotatable bonds is 7. The number of hydrogen-bond acceptors (Lipinski definition) is 7. The van der Waals surface area contributed by atoms with E-state index in [-0.39, 0.29) is 11.5 Å². The summed E-state index contributed by atoms with van der Waals surface area (Å²) >= 11 is 0. The Labute approximate surface area is 156 Å². The van der Waals surface area contributed by atoms with E-state index in [4.69, 9.17) is 18.9 Å². The maximum Gasteiger partial charge on any atom is 0.215 e. The smallest absolute Gasteiger partial charge is 0.215 e. The fourth-order valence-electron chi connectivity index (χ4n) is 2.69. The molecule has 0 aliphatic rings. The largest absolute Gasteiger partial charge is 0.497 e. The van der Waals surface area contributed by atoms with Crippen LogP contribution < -0.4 is 18.9 Å². The van der Waals surface area contributed by atoms with Crippen molar-refractivity contribution in [3.63, 3.8) is 0 Å². The first-order chi connectivity index (χ1) is 13.1. The fourth-order valence-corrected chi connectivity index (χ4v) is 2.69. The molecule has 8 nitrogen and oxygen atoms in total. The molecule has 1 heterocycles. The normalized spacial score (nSPS) is 10.4. The van der Waals surface area contributed by atoms with Gasteiger partial charge in [-0.05, 0) is 36.4 Å². The van der Waals surface area contributed by atoms with Crippen LogP contribution in [-0.2, 0) is 0 Å². The monoisotopic (exact) mass is 369 g/mol. The lowest BCUT2D eigenvalue weighted by Gasteiger charge is -2.13. The number of ether oxygens (including phenoxy) is 4. The number of methoxy groups -OCH3 is 4. The third kappa shape index (κ3) is 3.41. The zero-order valence-electron chi connectivity index (χ0n) is 15.4. The minimum atomic E-state index is -0.268. The highest BCUT2D eigenvalue weighted by Crippen LogP contribution is 2.41. The predicted molar refractivity (Wildman–Crippen MR) is 97.9 cm³/mol. The molecule has 0 bridgehead atoms. The van der Waals surface area contributed by atoms with E-state index in [1.807, 2.05) is 0 Å². The second-order valence-corrected chi connectivity index (χ2v) is 5.49. The van der Waals surface area contributed by atoms with E-state index in [2.05, 4.69) is 15.4 Å². The van der Waals surface area contributed by atoms with Crippen LogP contribution in [0.5, 0.6) is 23.0 Å². The number of carbonyl (C=O) groups is 1. The van der Waals surface area contributed by atoms with Gasteiger partial charge in [-0.2, -0.15) is 15.4 Å². The van der Waals surface area contributed by atoms with Gasteiger partial charge in [0, 0.05) is 11.1 Å². The van der Waals surface area contributed by atoms with Crippen LogP contribution in [0.3, 0.4) is 0 Å². The lowest BCUT2D eigenvalue weighted by Crippen LogP contribution is -2.04. The first kappa shape index (κ1) is 18.2. The van der Waals surface area contributed by atoms with Crippen molar-refractivity contribution in [2.75, 3.05) is 28.4 Å². The third-order valence-electron chi connectivity index (χ3n) is 4.05. The van der Waals surface area contributed by atoms with Crippen LogP contribution in [0.4, 0.5) is 0 Å². The van der Waals surface area contributed by atoms with Gasteiger partial charge in [0.15, 0.2) is 17.2 Å². The van der Waals surface area contributed by atoms with Gasteiger partial charge in [-0.15, -0.1) is 0 Å². The summed E-state index contributed by atoms with van der Waals surface area (Å²) < 4.78 is 21.2. The Bertz CT molecular complexity index is 925. The topological polar surface area (TPSA) is 95.6 Å². The molecule has 0 radical (unpaired) electrons. The number of aromatic nitrogens is 3. The van der Waals surface area contributed by atoms with E-state index in [9.17, 15) is 4.79 Å². The Morgan fingerprint density at radius 3 is 2.00 bits per heavy atom. The van der Waals surface area contributed by atoms with Gasteiger partial charge in [-0.25, -0.2) is 0 Å². The van der Waals surface area contributed by atoms with Crippen molar-refractivity contribution in [3.8, 4) is 34.3 Å². The first-order valence-electron chi connectivity index (χ1n) is 8.02. The van der Waals surface area contributed by atoms with Gasteiger partial charge in [-0.3, -0.25) is 4.79 Å². The van der Waals surface area contributed by atoms with E-state index in [1.54, 1.807) is 43.5 Å². The highest BCUT2D eigenvalue weighted by Gasteiger charge is 2.22. The van der Waals surface area contributed by atoms with Crippen molar-refractivity contribution in [2.45, 2.75) is 0 Å². The summed E-state index contributed by atoms with van der Waals surface area (Å²) in [6.45, 7) is 0. The summed E-state index contributed by atoms with van der Waals surface area (Å²) in [7, 11) is 6.13. The minimum absolute atomic E-state index is 0.189. The zero-order valence-corrected chi connectivity index (χ0v) is 15.4. The highest BCUT2D eigenvalue weighted by atomic mass is 16.5. The Morgan fingerprint density at radius 2 is 1.48 bits per heavy atom. The highest BCUT2D eigenvalue weighted by molar-refractivity contribution is 6.11. The van der Waals surface area contributed by atoms with Crippen LogP contribution in [0.25, 0.3) is 11.3 Å². The fraction of sp³-hybridized carbons (Fsp3) is 0.211. The molecule has 140 valence electrons. The maximum atomic E-state index is 12.9. The lowest BCUT2D eigenvalue weighted by molar-refractivity contribution is 0.103. The second-order valence-electron chi connectivity index (χ2n) is 5.49. The van der Waals surface area contributed by atoms with E-state index in [0.717, 1.165) is 0 Å². The van der Waals surface area contributed by atoms with Crippen LogP contribution in [0, 0.1) is 0 Å². The van der Waals surface area contributed by atoms with Crippen LogP contribution in [0.1, 0.15) is 16.1 Å². The molecule has 0 fully saturated rings. The maximum absolute atomic E-state index is 12.9. The molecule has 0 saturated heterocycles. The van der Waals surface area contributed by atoms with Crippen LogP contribution in [0.15, 0.2) is 36.4 Å². The van der Waals surface area contributed by atoms with Gasteiger partial charge >= 0.3 is 0 Å². The summed E-state index contributed by atoms with van der Waals surface area (Å²) in [6, 6.07) is 10.2. The molecule has 0 atom stereocenters. The molecular formula is C19H19N3O5. The van der Waals surface area contributed by atoms with Crippen molar-refractivity contribution < 1.29 is 23.7 Å². The number of aromatic amines is 1. The molecule has 1 N–H and O–H groups in total. The van der Waals surface area contributed by atoms with Crippen molar-refractivity contribution in [3.05, 3.63) is 47.7 Å². The van der Waals surface area contributed by atoms with Crippen molar-refractivity contribution in [1.82, 2.24) is 15.4 Å². The average molecular weight is 369 g/mol. The molecule has 3 aromatic rings. The number of carbonyl (C=O) groups excluding carboxylic acids is 1. The average Bonchev–Trinajstić information content (AvgIpc) is 3.21. The quantitative estimate of drug-likeness (QED) is 0.640. The lowest BCUT2D eigenvalue weighted by atomic mass is 10.0. The SMILES string of the molecule is COc1ccc(C(=O)c2n[nH]nc2-c2cc(OC)c(OC)c(OC)c2)cc1. The van der Waals surface area contributed by atoms with E-state index < -0.39 is 0 Å². The molecule has 27 heavy (non-hydrogen) atoms. The number of nitrogens with zero attached hydrogens (tertiary/aromatic N) is 2. The molecule has 8 heteroatoms. The molecule has 1 aromatic heterocycles. The van der Waals surface area contributed by atoms with E-state index in [0.29, 0.717) is 39.8 Å². The Hall–Kier alpha value is -3.55. The minimum Gasteiger partial charge on any atom is -0.497 e. The van der Waals surface area contributed by atoms with Crippen LogP contribution in [-0.4, -0.2) is 49.6 Å². The molecule has 0 saturated carbocycles. The van der Waals surface area contributed by atoms with Gasteiger partial charge in [0.1, 0.15) is 11.4 Å². The first-order valence-corrected chi connectivity index (χ1v) is 8.02. The van der Waals surface area contributed by atoms with E-state index in [1.165, 1.54) is 21.3 Å². The predicted octanol–water partition coefficient (Wildman–Crippen LogP) is 2.74. The van der Waals surface area contributed by atoms with Crippen molar-refractivity contribution >= 4 is 5.78 Å². The van der Waals surface area contributed by atoms with Crippen molar-refractivity contribution in [1.29, 1.82) is 0 Å². The Kier molecular flexibility index (Phi) is 5.25. The summed E-state index contributed by atoms with van der Waals surface area (Å²) in [4.78, 5) is 12.9. The zero-order chi connectivity index (χ0) is 19.4. The molecule has 0 unspecified atom stereocenters. The van der Waals surface area contributed by atoms with Gasteiger partial charge in [0.05, 0.1) is 28.4 Å². The van der Waals surface area contributed by atoms with Crippen LogP contribution >= 0.6 is 0 Å². The number of ketones is 1. The molecule has 0 amide bonds. The molecular weight excluding hydrogens is 350 g/mol. The number of H-pyrrole nitrogens is 1. The molecule has 2 aromatic carbocycles. The summed E-state index contributed by atoms with van der Waals surface area (Å²) in [6.07, 6.45) is 0. The van der Waals surface area contributed by atoms with Crippen LogP contribution in [0.2, 0.25) is 0 Å². The third-order valence-corrected chi connectivity index (χ3v) is 4.05. The standard InChI is InChI=1S/C19H19N3O5/c1-24-13-7-5-11(6-8-13)18(23)17-16(20-22-21-17)12-9-14(25-2)19(27-4)15(10-12)26-3/h5-10H,1-4H3,(H,20,21,22). The van der Waals surface area contributed by atoms with Crippen molar-refractivity contribution in [2.24, 2.45) is 0 Å². The Balaban J connectivity index is 2.05. The van der Waals surface area contributed by atoms with Gasteiger partial charge in [-0.1, -0.05) is 0 Å². The number of benzene rings is 2. The molecule has 0 aliphatic heterocycles. The molecule has 3 rings (SSSR count). The summed E-state index contributed by atoms with van der Waals surface area (Å²) in [5, 5.41) is 10.7. The second kappa shape index (κ2) is 7.77. The van der Waals surface area contributed by atoms with E-state index >= 15 is 0 Å². The number of hydrogen-bond donors (Lipinski definition) is 1. The number of nitrogens with one attached hydrogen (secondary N) is 1.